The van der Waals surface area contributed by atoms with Crippen LogP contribution in [0.3, 0.4) is 0 Å². The summed E-state index contributed by atoms with van der Waals surface area (Å²) in [5.74, 6) is 5.67. The third-order valence-corrected chi connectivity index (χ3v) is 2.19. The maximum absolute atomic E-state index is 8.93. The second-order valence-electron chi connectivity index (χ2n) is 2.32. The highest BCUT2D eigenvalue weighted by Crippen LogP contribution is 2.22. The van der Waals surface area contributed by atoms with E-state index in [1.807, 2.05) is 7.05 Å². The lowest BCUT2D eigenvalue weighted by Crippen LogP contribution is -2.35. The summed E-state index contributed by atoms with van der Waals surface area (Å²) < 4.78 is 3.70. The monoisotopic (exact) mass is 188 g/mol. The van der Waals surface area contributed by atoms with E-state index in [0.29, 0.717) is 6.54 Å². The zero-order valence-electron chi connectivity index (χ0n) is 6.82. The first-order chi connectivity index (χ1) is 5.74. The number of hydrazine groups is 1. The lowest BCUT2D eigenvalue weighted by molar-refractivity contribution is 0.460. The van der Waals surface area contributed by atoms with Gasteiger partial charge < -0.3 is 10.4 Å². The maximum atomic E-state index is 8.93. The average Bonchev–Trinajstić information content (AvgIpc) is 2.47. The predicted octanol–water partition coefficient (Wildman–Crippen LogP) is -0.252. The van der Waals surface area contributed by atoms with Crippen molar-refractivity contribution in [2.24, 2.45) is 5.84 Å². The molecule has 0 unspecified atom stereocenters. The Morgan fingerprint density at radius 2 is 2.58 bits per heavy atom. The van der Waals surface area contributed by atoms with Gasteiger partial charge in [-0.15, -0.1) is 0 Å². The Hall–Kier alpha value is -0.850. The fourth-order valence-electron chi connectivity index (χ4n) is 0.734. The highest BCUT2D eigenvalue weighted by atomic mass is 32.1. The molecule has 0 atom stereocenters. The van der Waals surface area contributed by atoms with Crippen LogP contribution in [0.15, 0.2) is 6.07 Å². The molecule has 4 N–H and O–H groups in total. The quantitative estimate of drug-likeness (QED) is 0.449. The molecular formula is C6H12N4OS. The molecule has 1 aromatic rings. The summed E-state index contributed by atoms with van der Waals surface area (Å²) in [7, 11) is 1.86. The number of anilines is 1. The predicted molar refractivity (Wildman–Crippen MR) is 49.2 cm³/mol. The molecule has 5 nitrogen and oxygen atoms in total. The van der Waals surface area contributed by atoms with Gasteiger partial charge in [0, 0.05) is 19.2 Å². The average molecular weight is 188 g/mol. The molecule has 1 aromatic heterocycles. The highest BCUT2D eigenvalue weighted by molar-refractivity contribution is 7.10. The Balaban J connectivity index is 2.47. The highest BCUT2D eigenvalue weighted by Gasteiger charge is 2.04. The molecule has 0 amide bonds. The van der Waals surface area contributed by atoms with Crippen LogP contribution in [0.25, 0.3) is 0 Å². The van der Waals surface area contributed by atoms with E-state index < -0.39 is 0 Å². The van der Waals surface area contributed by atoms with Crippen molar-refractivity contribution in [1.82, 2.24) is 9.69 Å². The molecular weight excluding hydrogens is 176 g/mol. The number of aromatic nitrogens is 1. The maximum Gasteiger partial charge on any atom is 0.224 e. The Bertz CT molecular complexity index is 239. The van der Waals surface area contributed by atoms with Crippen molar-refractivity contribution in [3.8, 4) is 5.88 Å². The van der Waals surface area contributed by atoms with Crippen LogP contribution in [-0.2, 0) is 0 Å². The van der Waals surface area contributed by atoms with E-state index in [0.717, 1.165) is 11.5 Å². The van der Waals surface area contributed by atoms with Gasteiger partial charge in [-0.1, -0.05) is 0 Å². The molecule has 1 rings (SSSR count). The van der Waals surface area contributed by atoms with Crippen molar-refractivity contribution in [2.45, 2.75) is 0 Å². The number of aromatic hydroxyl groups is 1. The minimum atomic E-state index is 0.0231. The van der Waals surface area contributed by atoms with Gasteiger partial charge in [-0.2, -0.15) is 4.37 Å². The van der Waals surface area contributed by atoms with Gasteiger partial charge in [0.1, 0.15) is 5.00 Å². The minimum absolute atomic E-state index is 0.0231. The molecule has 0 saturated carbocycles. The molecule has 0 aliphatic heterocycles. The van der Waals surface area contributed by atoms with Crippen molar-refractivity contribution in [1.29, 1.82) is 0 Å². The summed E-state index contributed by atoms with van der Waals surface area (Å²) in [4.78, 5) is 0. The number of nitrogens with one attached hydrogen (secondary N) is 1. The van der Waals surface area contributed by atoms with Crippen molar-refractivity contribution in [2.75, 3.05) is 25.1 Å². The summed E-state index contributed by atoms with van der Waals surface area (Å²) in [5, 5.41) is 14.2. The first kappa shape index (κ1) is 9.24. The van der Waals surface area contributed by atoms with E-state index in [1.165, 1.54) is 11.5 Å². The van der Waals surface area contributed by atoms with Gasteiger partial charge in [0.2, 0.25) is 5.88 Å². The van der Waals surface area contributed by atoms with Crippen LogP contribution in [0.2, 0.25) is 0 Å². The van der Waals surface area contributed by atoms with Gasteiger partial charge in [0.05, 0.1) is 0 Å². The summed E-state index contributed by atoms with van der Waals surface area (Å²) in [6.07, 6.45) is 0. The van der Waals surface area contributed by atoms with Crippen molar-refractivity contribution < 1.29 is 5.11 Å². The van der Waals surface area contributed by atoms with Crippen LogP contribution in [0.1, 0.15) is 0 Å². The lowest BCUT2D eigenvalue weighted by Gasteiger charge is -2.14. The SMILES string of the molecule is CNCCN(N)c1cc(O)ns1. The number of hydrogen-bond donors (Lipinski definition) is 3. The summed E-state index contributed by atoms with van der Waals surface area (Å²) in [6.45, 7) is 1.49. The van der Waals surface area contributed by atoms with Crippen molar-refractivity contribution in [3.05, 3.63) is 6.07 Å². The first-order valence-corrected chi connectivity index (χ1v) is 4.34. The molecule has 6 heteroatoms. The number of likely N-dealkylation sites (N-methyl/N-ethyl adjacent to an activating group) is 1. The molecule has 0 aromatic carbocycles. The van der Waals surface area contributed by atoms with Gasteiger partial charge >= 0.3 is 0 Å². The third-order valence-electron chi connectivity index (χ3n) is 1.37. The summed E-state index contributed by atoms with van der Waals surface area (Å²) >= 11 is 1.18. The summed E-state index contributed by atoms with van der Waals surface area (Å²) in [6, 6.07) is 1.54. The molecule has 0 spiro atoms. The van der Waals surface area contributed by atoms with Crippen LogP contribution in [0, 0.1) is 0 Å². The normalized spacial score (nSPS) is 10.2. The molecule has 12 heavy (non-hydrogen) atoms. The van der Waals surface area contributed by atoms with E-state index in [4.69, 9.17) is 10.9 Å². The number of hydrogen-bond acceptors (Lipinski definition) is 6. The largest absolute Gasteiger partial charge is 0.493 e. The molecule has 1 heterocycles. The van der Waals surface area contributed by atoms with E-state index in [9.17, 15) is 0 Å². The zero-order valence-corrected chi connectivity index (χ0v) is 7.64. The second-order valence-corrected chi connectivity index (χ2v) is 3.10. The van der Waals surface area contributed by atoms with Gasteiger partial charge in [0.25, 0.3) is 0 Å². The smallest absolute Gasteiger partial charge is 0.224 e. The Morgan fingerprint density at radius 1 is 1.83 bits per heavy atom. The first-order valence-electron chi connectivity index (χ1n) is 3.56. The van der Waals surface area contributed by atoms with Gasteiger partial charge in [-0.05, 0) is 18.6 Å². The Labute approximate surface area is 74.9 Å². The molecule has 0 bridgehead atoms. The van der Waals surface area contributed by atoms with Crippen LogP contribution < -0.4 is 16.2 Å². The van der Waals surface area contributed by atoms with Crippen molar-refractivity contribution in [3.63, 3.8) is 0 Å². The number of rotatable bonds is 4. The van der Waals surface area contributed by atoms with Gasteiger partial charge in [0.15, 0.2) is 0 Å². The third kappa shape index (κ3) is 2.33. The molecule has 0 fully saturated rings. The Kier molecular flexibility index (Phi) is 3.27. The fraction of sp³-hybridized carbons (Fsp3) is 0.500. The van der Waals surface area contributed by atoms with Gasteiger partial charge in [-0.3, -0.25) is 5.01 Å². The summed E-state index contributed by atoms with van der Waals surface area (Å²) in [5.41, 5.74) is 0. The fourth-order valence-corrected chi connectivity index (χ4v) is 1.33. The van der Waals surface area contributed by atoms with Crippen molar-refractivity contribution >= 4 is 16.5 Å². The molecule has 0 saturated heterocycles. The van der Waals surface area contributed by atoms with Crippen LogP contribution in [-0.4, -0.2) is 29.6 Å². The van der Waals surface area contributed by atoms with E-state index in [1.54, 1.807) is 11.1 Å². The molecule has 0 aliphatic carbocycles. The minimum Gasteiger partial charge on any atom is -0.493 e. The standard InChI is InChI=1S/C6H12N4OS/c1-8-2-3-10(7)6-4-5(11)9-12-6/h4,8H,2-3,7H2,1H3,(H,9,11). The van der Waals surface area contributed by atoms with Gasteiger partial charge in [-0.25, -0.2) is 5.84 Å². The lowest BCUT2D eigenvalue weighted by atomic mass is 10.5. The van der Waals surface area contributed by atoms with Crippen LogP contribution >= 0.6 is 11.5 Å². The molecule has 0 radical (unpaired) electrons. The van der Waals surface area contributed by atoms with E-state index in [2.05, 4.69) is 9.69 Å². The van der Waals surface area contributed by atoms with Crippen LogP contribution in [0.4, 0.5) is 5.00 Å². The molecule has 68 valence electrons. The number of nitrogens with two attached hydrogens (primary N) is 1. The van der Waals surface area contributed by atoms with Crippen LogP contribution in [0.5, 0.6) is 5.88 Å². The van der Waals surface area contributed by atoms with E-state index in [-0.39, 0.29) is 5.88 Å². The topological polar surface area (TPSA) is 74.4 Å². The zero-order chi connectivity index (χ0) is 8.97. The van der Waals surface area contributed by atoms with E-state index >= 15 is 0 Å². The molecule has 0 aliphatic rings. The number of nitrogens with zero attached hydrogens (tertiary/aromatic N) is 2. The Morgan fingerprint density at radius 3 is 3.08 bits per heavy atom. The second kappa shape index (κ2) is 4.24.